The molecule has 0 bridgehead atoms. The number of ether oxygens (including phenoxy) is 1. The van der Waals surface area contributed by atoms with Gasteiger partial charge < -0.3 is 9.64 Å². The molecule has 0 atom stereocenters. The molecule has 5 rings (SSSR count). The number of hydrogen-bond acceptors (Lipinski definition) is 3. The summed E-state index contributed by atoms with van der Waals surface area (Å²) in [7, 11) is 1.67. The van der Waals surface area contributed by atoms with E-state index in [0.29, 0.717) is 0 Å². The lowest BCUT2D eigenvalue weighted by molar-refractivity contribution is -0.133. The van der Waals surface area contributed by atoms with Crippen LogP contribution in [0.1, 0.15) is 35.2 Å². The highest BCUT2D eigenvalue weighted by molar-refractivity contribution is 5.91. The van der Waals surface area contributed by atoms with Crippen LogP contribution in [0.2, 0.25) is 0 Å². The Balaban J connectivity index is 1.37. The van der Waals surface area contributed by atoms with Gasteiger partial charge in [-0.3, -0.25) is 9.89 Å². The Hall–Kier alpha value is -3.08. The summed E-state index contributed by atoms with van der Waals surface area (Å²) in [4.78, 5) is 15.6. The van der Waals surface area contributed by atoms with Crippen LogP contribution >= 0.6 is 0 Å². The number of aryl methyl sites for hydroxylation is 1. The van der Waals surface area contributed by atoms with Crippen molar-refractivity contribution in [2.24, 2.45) is 0 Å². The largest absolute Gasteiger partial charge is 0.497 e. The number of rotatable bonds is 4. The fourth-order valence-electron chi connectivity index (χ4n) is 4.71. The smallest absolute Gasteiger partial charge is 0.233 e. The molecule has 3 aromatic rings. The van der Waals surface area contributed by atoms with Gasteiger partial charge in [0.15, 0.2) is 0 Å². The van der Waals surface area contributed by atoms with E-state index in [-0.39, 0.29) is 11.3 Å². The minimum absolute atomic E-state index is 0.267. The fourth-order valence-corrected chi connectivity index (χ4v) is 4.71. The molecule has 30 heavy (non-hydrogen) atoms. The number of carbonyl (C=O) groups is 1. The number of nitrogens with zero attached hydrogens (tertiary/aromatic N) is 2. The minimum atomic E-state index is -0.346. The summed E-state index contributed by atoms with van der Waals surface area (Å²) in [6.07, 6.45) is 3.50. The Morgan fingerprint density at radius 3 is 2.50 bits per heavy atom. The zero-order chi connectivity index (χ0) is 20.7. The minimum Gasteiger partial charge on any atom is -0.497 e. The average Bonchev–Trinajstić information content (AvgIpc) is 3.54. The number of aromatic nitrogens is 2. The Bertz CT molecular complexity index is 1080. The van der Waals surface area contributed by atoms with Crippen LogP contribution in [-0.4, -0.2) is 41.2 Å². The number of amides is 1. The number of hydrogen-bond donors (Lipinski definition) is 1. The summed E-state index contributed by atoms with van der Waals surface area (Å²) in [5.74, 6) is 1.09. The van der Waals surface area contributed by atoms with Crippen LogP contribution in [0.15, 0.2) is 48.5 Å². The Morgan fingerprint density at radius 1 is 1.07 bits per heavy atom. The second-order valence-corrected chi connectivity index (χ2v) is 8.45. The van der Waals surface area contributed by atoms with Crippen molar-refractivity contribution in [2.75, 3.05) is 20.2 Å². The maximum atomic E-state index is 13.5. The first-order chi connectivity index (χ1) is 14.6. The molecule has 2 aliphatic rings. The third kappa shape index (κ3) is 3.09. The monoisotopic (exact) mass is 401 g/mol. The van der Waals surface area contributed by atoms with E-state index < -0.39 is 0 Å². The maximum absolute atomic E-state index is 13.5. The van der Waals surface area contributed by atoms with Gasteiger partial charge in [0.05, 0.1) is 18.2 Å². The molecule has 1 aliphatic carbocycles. The first kappa shape index (κ1) is 18.9. The van der Waals surface area contributed by atoms with E-state index in [1.807, 2.05) is 24.3 Å². The lowest BCUT2D eigenvalue weighted by Crippen LogP contribution is -2.40. The highest BCUT2D eigenvalue weighted by Gasteiger charge is 2.53. The summed E-state index contributed by atoms with van der Waals surface area (Å²) < 4.78 is 5.27. The molecule has 0 saturated heterocycles. The van der Waals surface area contributed by atoms with E-state index in [4.69, 9.17) is 4.74 Å². The summed E-state index contributed by atoms with van der Waals surface area (Å²) >= 11 is 0. The van der Waals surface area contributed by atoms with Gasteiger partial charge in [-0.1, -0.05) is 36.4 Å². The third-order valence-electron chi connectivity index (χ3n) is 6.71. The lowest BCUT2D eigenvalue weighted by Gasteiger charge is -2.26. The van der Waals surface area contributed by atoms with Crippen LogP contribution in [0.25, 0.3) is 11.3 Å². The van der Waals surface area contributed by atoms with Crippen molar-refractivity contribution in [1.29, 1.82) is 0 Å². The summed E-state index contributed by atoms with van der Waals surface area (Å²) in [5.41, 5.74) is 6.62. The van der Waals surface area contributed by atoms with Crippen LogP contribution in [0, 0.1) is 6.92 Å². The molecule has 5 nitrogen and oxygen atoms in total. The second-order valence-electron chi connectivity index (χ2n) is 8.45. The van der Waals surface area contributed by atoms with Gasteiger partial charge in [0.1, 0.15) is 5.75 Å². The average molecular weight is 402 g/mol. The Labute approximate surface area is 177 Å². The Morgan fingerprint density at radius 2 is 1.80 bits per heavy atom. The molecular formula is C25H27N3O2. The zero-order valence-electron chi connectivity index (χ0n) is 17.6. The maximum Gasteiger partial charge on any atom is 0.233 e. The van der Waals surface area contributed by atoms with Gasteiger partial charge in [0.2, 0.25) is 5.91 Å². The summed E-state index contributed by atoms with van der Waals surface area (Å²) in [6, 6.07) is 16.4. The van der Waals surface area contributed by atoms with Crippen molar-refractivity contribution in [3.8, 4) is 17.0 Å². The second kappa shape index (κ2) is 7.31. The van der Waals surface area contributed by atoms with E-state index in [2.05, 4.69) is 46.3 Å². The van der Waals surface area contributed by atoms with Gasteiger partial charge in [-0.05, 0) is 49.4 Å². The van der Waals surface area contributed by atoms with Crippen LogP contribution in [-0.2, 0) is 23.1 Å². The molecule has 1 N–H and O–H groups in total. The number of methoxy groups -OCH3 is 1. The highest BCUT2D eigenvalue weighted by atomic mass is 16.5. The Kier molecular flexibility index (Phi) is 4.61. The van der Waals surface area contributed by atoms with E-state index in [1.165, 1.54) is 16.7 Å². The van der Waals surface area contributed by atoms with E-state index in [1.54, 1.807) is 7.11 Å². The van der Waals surface area contributed by atoms with Crippen LogP contribution in [0.4, 0.5) is 0 Å². The summed E-state index contributed by atoms with van der Waals surface area (Å²) in [5, 5.41) is 7.87. The SMILES string of the molecule is COc1ccc(C2(C(=O)N3CCc4[nH]nc(-c5ccccc5C)c4CC3)CC2)cc1. The van der Waals surface area contributed by atoms with Gasteiger partial charge in [0.25, 0.3) is 0 Å². The predicted octanol–water partition coefficient (Wildman–Crippen LogP) is 4.05. The molecule has 2 aromatic carbocycles. The lowest BCUT2D eigenvalue weighted by atomic mass is 9.94. The number of nitrogens with one attached hydrogen (secondary N) is 1. The standard InChI is InChI=1S/C25H27N3O2/c1-17-5-3-4-6-20(17)23-21-11-15-28(16-12-22(21)26-27-23)24(29)25(13-14-25)18-7-9-19(30-2)10-8-18/h3-10H,11-16H2,1-2H3,(H,26,27). The quantitative estimate of drug-likeness (QED) is 0.717. The molecule has 5 heteroatoms. The van der Waals surface area contributed by atoms with Crippen molar-refractivity contribution in [2.45, 2.75) is 38.0 Å². The molecule has 1 amide bonds. The number of H-pyrrole nitrogens is 1. The molecular weight excluding hydrogens is 374 g/mol. The van der Waals surface area contributed by atoms with Crippen molar-refractivity contribution in [3.63, 3.8) is 0 Å². The van der Waals surface area contributed by atoms with Crippen molar-refractivity contribution >= 4 is 5.91 Å². The fraction of sp³-hybridized carbons (Fsp3) is 0.360. The van der Waals surface area contributed by atoms with Crippen LogP contribution < -0.4 is 4.74 Å². The number of aromatic amines is 1. The van der Waals surface area contributed by atoms with E-state index in [9.17, 15) is 4.79 Å². The zero-order valence-corrected chi connectivity index (χ0v) is 17.6. The predicted molar refractivity (Wildman–Crippen MR) is 117 cm³/mol. The number of carbonyl (C=O) groups excluding carboxylic acids is 1. The van der Waals surface area contributed by atoms with Crippen LogP contribution in [0.3, 0.4) is 0 Å². The first-order valence-corrected chi connectivity index (χ1v) is 10.7. The van der Waals surface area contributed by atoms with E-state index >= 15 is 0 Å². The molecule has 154 valence electrons. The molecule has 0 spiro atoms. The molecule has 2 heterocycles. The van der Waals surface area contributed by atoms with Gasteiger partial charge in [-0.2, -0.15) is 5.10 Å². The molecule has 1 saturated carbocycles. The van der Waals surface area contributed by atoms with Crippen molar-refractivity contribution in [1.82, 2.24) is 15.1 Å². The molecule has 0 unspecified atom stereocenters. The third-order valence-corrected chi connectivity index (χ3v) is 6.71. The van der Waals surface area contributed by atoms with E-state index in [0.717, 1.165) is 61.5 Å². The van der Waals surface area contributed by atoms with Gasteiger partial charge >= 0.3 is 0 Å². The molecule has 1 fully saturated rings. The van der Waals surface area contributed by atoms with Crippen molar-refractivity contribution < 1.29 is 9.53 Å². The number of benzene rings is 2. The van der Waals surface area contributed by atoms with Gasteiger partial charge in [-0.15, -0.1) is 0 Å². The van der Waals surface area contributed by atoms with Gasteiger partial charge in [0, 0.05) is 36.3 Å². The first-order valence-electron chi connectivity index (χ1n) is 10.7. The molecule has 0 radical (unpaired) electrons. The topological polar surface area (TPSA) is 58.2 Å². The van der Waals surface area contributed by atoms with Crippen LogP contribution in [0.5, 0.6) is 5.75 Å². The summed E-state index contributed by atoms with van der Waals surface area (Å²) in [6.45, 7) is 3.59. The number of fused-ring (bicyclic) bond motifs is 1. The van der Waals surface area contributed by atoms with Crippen molar-refractivity contribution in [3.05, 3.63) is 70.9 Å². The highest BCUT2D eigenvalue weighted by Crippen LogP contribution is 2.50. The van der Waals surface area contributed by atoms with Gasteiger partial charge in [-0.25, -0.2) is 0 Å². The molecule has 1 aliphatic heterocycles. The molecule has 1 aromatic heterocycles. The normalized spacial score (nSPS) is 17.2.